The van der Waals surface area contributed by atoms with Gasteiger partial charge in [-0.2, -0.15) is 10.2 Å². The van der Waals surface area contributed by atoms with Crippen molar-refractivity contribution in [2.75, 3.05) is 0 Å². The molecule has 0 atom stereocenters. The lowest BCUT2D eigenvalue weighted by molar-refractivity contribution is 0.0981. The zero-order valence-corrected chi connectivity index (χ0v) is 10.3. The summed E-state index contributed by atoms with van der Waals surface area (Å²) >= 11 is 0. The molecular weight excluding hydrogens is 216 g/mol. The summed E-state index contributed by atoms with van der Waals surface area (Å²) < 4.78 is 3.51. The van der Waals surface area contributed by atoms with Gasteiger partial charge in [0.2, 0.25) is 0 Å². The van der Waals surface area contributed by atoms with Crippen LogP contribution in [-0.4, -0.2) is 25.3 Å². The van der Waals surface area contributed by atoms with Crippen molar-refractivity contribution >= 4 is 5.78 Å². The second-order valence-corrected chi connectivity index (χ2v) is 4.14. The fraction of sp³-hybridized carbons (Fsp3) is 0.417. The number of ketones is 1. The molecule has 2 heterocycles. The molecule has 0 aliphatic heterocycles. The first kappa shape index (κ1) is 11.6. The van der Waals surface area contributed by atoms with Gasteiger partial charge < -0.3 is 0 Å². The highest BCUT2D eigenvalue weighted by Crippen LogP contribution is 2.11. The summed E-state index contributed by atoms with van der Waals surface area (Å²) in [4.78, 5) is 12.0. The molecule has 0 saturated carbocycles. The van der Waals surface area contributed by atoms with E-state index in [0.29, 0.717) is 12.8 Å². The van der Waals surface area contributed by atoms with Crippen molar-refractivity contribution in [2.45, 2.75) is 19.8 Å². The van der Waals surface area contributed by atoms with Gasteiger partial charge in [-0.05, 0) is 19.4 Å². The van der Waals surface area contributed by atoms with Crippen LogP contribution in [0.25, 0.3) is 0 Å². The maximum Gasteiger partial charge on any atom is 0.166 e. The van der Waals surface area contributed by atoms with E-state index in [4.69, 9.17) is 0 Å². The number of carbonyl (C=O) groups excluding carboxylic acids is 1. The van der Waals surface area contributed by atoms with E-state index >= 15 is 0 Å². The van der Waals surface area contributed by atoms with Crippen molar-refractivity contribution in [1.82, 2.24) is 19.6 Å². The highest BCUT2D eigenvalue weighted by molar-refractivity contribution is 5.96. The Morgan fingerprint density at radius 3 is 2.59 bits per heavy atom. The molecule has 2 aromatic heterocycles. The second kappa shape index (κ2) is 4.53. The second-order valence-electron chi connectivity index (χ2n) is 4.14. The van der Waals surface area contributed by atoms with Crippen molar-refractivity contribution in [1.29, 1.82) is 0 Å². The Morgan fingerprint density at radius 1 is 1.29 bits per heavy atom. The Labute approximate surface area is 100 Å². The lowest BCUT2D eigenvalue weighted by atomic mass is 10.1. The predicted octanol–water partition coefficient (Wildman–Crippen LogP) is 1.28. The average molecular weight is 232 g/mol. The van der Waals surface area contributed by atoms with E-state index in [1.54, 1.807) is 21.8 Å². The van der Waals surface area contributed by atoms with Gasteiger partial charge in [0, 0.05) is 38.1 Å². The molecule has 2 aromatic rings. The molecule has 0 aliphatic rings. The van der Waals surface area contributed by atoms with Gasteiger partial charge in [0.05, 0.1) is 11.8 Å². The van der Waals surface area contributed by atoms with E-state index < -0.39 is 0 Å². The van der Waals surface area contributed by atoms with Crippen molar-refractivity contribution in [3.05, 3.63) is 35.4 Å². The average Bonchev–Trinajstić information content (AvgIpc) is 2.84. The van der Waals surface area contributed by atoms with Crippen molar-refractivity contribution in [3.8, 4) is 0 Å². The van der Waals surface area contributed by atoms with Crippen LogP contribution in [-0.2, 0) is 20.5 Å². The van der Waals surface area contributed by atoms with Gasteiger partial charge in [-0.3, -0.25) is 14.2 Å². The Bertz CT molecular complexity index is 538. The molecule has 0 fully saturated rings. The summed E-state index contributed by atoms with van der Waals surface area (Å²) in [6.07, 6.45) is 4.59. The maximum absolute atomic E-state index is 12.0. The van der Waals surface area contributed by atoms with Crippen LogP contribution < -0.4 is 0 Å². The summed E-state index contributed by atoms with van der Waals surface area (Å²) in [5, 5.41) is 8.16. The Hall–Kier alpha value is -1.91. The van der Waals surface area contributed by atoms with Crippen molar-refractivity contribution in [2.24, 2.45) is 14.1 Å². The summed E-state index contributed by atoms with van der Waals surface area (Å²) in [5.41, 5.74) is 2.70. The van der Waals surface area contributed by atoms with Crippen LogP contribution in [0.1, 0.15) is 28.2 Å². The SMILES string of the molecule is Cc1c(C(=O)CCc2ccnn2C)cnn1C. The zero-order chi connectivity index (χ0) is 12.4. The molecule has 0 amide bonds. The van der Waals surface area contributed by atoms with Gasteiger partial charge in [0.1, 0.15) is 0 Å². The molecule has 0 aliphatic carbocycles. The van der Waals surface area contributed by atoms with E-state index in [9.17, 15) is 4.79 Å². The number of aryl methyl sites for hydroxylation is 3. The minimum Gasteiger partial charge on any atom is -0.294 e. The minimum absolute atomic E-state index is 0.136. The number of hydrogen-bond acceptors (Lipinski definition) is 3. The predicted molar refractivity (Wildman–Crippen MR) is 63.8 cm³/mol. The number of carbonyl (C=O) groups is 1. The molecule has 2 rings (SSSR count). The standard InChI is InChI=1S/C12H16N4O/c1-9-11(8-14-15(9)2)12(17)5-4-10-6-7-13-16(10)3/h6-8H,4-5H2,1-3H3. The molecule has 0 bridgehead atoms. The van der Waals surface area contributed by atoms with Crippen LogP contribution in [0.3, 0.4) is 0 Å². The molecular formula is C12H16N4O. The number of rotatable bonds is 4. The fourth-order valence-corrected chi connectivity index (χ4v) is 1.80. The lowest BCUT2D eigenvalue weighted by Crippen LogP contribution is -2.06. The Kier molecular flexibility index (Phi) is 3.08. The largest absolute Gasteiger partial charge is 0.294 e. The van der Waals surface area contributed by atoms with Crippen LogP contribution in [0.4, 0.5) is 0 Å². The smallest absolute Gasteiger partial charge is 0.166 e. The zero-order valence-electron chi connectivity index (χ0n) is 10.3. The molecule has 0 spiro atoms. The van der Waals surface area contributed by atoms with Crippen LogP contribution in [0.5, 0.6) is 0 Å². The Balaban J connectivity index is 2.03. The third kappa shape index (κ3) is 2.27. The van der Waals surface area contributed by atoms with E-state index in [0.717, 1.165) is 17.0 Å². The van der Waals surface area contributed by atoms with Gasteiger partial charge in [0.25, 0.3) is 0 Å². The first-order valence-corrected chi connectivity index (χ1v) is 5.58. The fourth-order valence-electron chi connectivity index (χ4n) is 1.80. The molecule has 0 saturated heterocycles. The summed E-state index contributed by atoms with van der Waals surface area (Å²) in [5.74, 6) is 0.136. The van der Waals surface area contributed by atoms with Crippen LogP contribution in [0.15, 0.2) is 18.5 Å². The summed E-state index contributed by atoms with van der Waals surface area (Å²) in [6, 6.07) is 1.93. The Morgan fingerprint density at radius 2 is 2.06 bits per heavy atom. The molecule has 17 heavy (non-hydrogen) atoms. The van der Waals surface area contributed by atoms with E-state index in [1.807, 2.05) is 27.1 Å². The molecule has 0 radical (unpaired) electrons. The number of nitrogens with zero attached hydrogens (tertiary/aromatic N) is 4. The van der Waals surface area contributed by atoms with Gasteiger partial charge in [-0.1, -0.05) is 0 Å². The first-order chi connectivity index (χ1) is 8.09. The van der Waals surface area contributed by atoms with Gasteiger partial charge in [-0.15, -0.1) is 0 Å². The van der Waals surface area contributed by atoms with Crippen molar-refractivity contribution in [3.63, 3.8) is 0 Å². The first-order valence-electron chi connectivity index (χ1n) is 5.58. The van der Waals surface area contributed by atoms with E-state index in [-0.39, 0.29) is 5.78 Å². The van der Waals surface area contributed by atoms with Crippen LogP contribution in [0.2, 0.25) is 0 Å². The molecule has 5 nitrogen and oxygen atoms in total. The highest BCUT2D eigenvalue weighted by Gasteiger charge is 2.13. The van der Waals surface area contributed by atoms with E-state index in [1.165, 1.54) is 0 Å². The van der Waals surface area contributed by atoms with Crippen molar-refractivity contribution < 1.29 is 4.79 Å². The van der Waals surface area contributed by atoms with Gasteiger partial charge in [-0.25, -0.2) is 0 Å². The van der Waals surface area contributed by atoms with E-state index in [2.05, 4.69) is 10.2 Å². The third-order valence-electron chi connectivity index (χ3n) is 3.07. The molecule has 90 valence electrons. The van der Waals surface area contributed by atoms with Gasteiger partial charge in [0.15, 0.2) is 5.78 Å². The van der Waals surface area contributed by atoms with Crippen LogP contribution in [0, 0.1) is 6.92 Å². The third-order valence-corrected chi connectivity index (χ3v) is 3.07. The monoisotopic (exact) mass is 232 g/mol. The molecule has 0 aromatic carbocycles. The summed E-state index contributed by atoms with van der Waals surface area (Å²) in [6.45, 7) is 1.91. The highest BCUT2D eigenvalue weighted by atomic mass is 16.1. The summed E-state index contributed by atoms with van der Waals surface area (Å²) in [7, 11) is 3.72. The normalized spacial score (nSPS) is 10.8. The molecule has 0 unspecified atom stereocenters. The quantitative estimate of drug-likeness (QED) is 0.746. The van der Waals surface area contributed by atoms with Gasteiger partial charge >= 0.3 is 0 Å². The maximum atomic E-state index is 12.0. The van der Waals surface area contributed by atoms with Crippen LogP contribution >= 0.6 is 0 Å². The topological polar surface area (TPSA) is 52.7 Å². The lowest BCUT2D eigenvalue weighted by Gasteiger charge is -2.02. The minimum atomic E-state index is 0.136. The number of aromatic nitrogens is 4. The number of hydrogen-bond donors (Lipinski definition) is 0. The number of Topliss-reactive ketones (excluding diaryl/α,β-unsaturated/α-hetero) is 1. The molecule has 5 heteroatoms. The molecule has 0 N–H and O–H groups in total.